The predicted molar refractivity (Wildman–Crippen MR) is 103 cm³/mol. The highest BCUT2D eigenvalue weighted by atomic mass is 32.2. The third-order valence-electron chi connectivity index (χ3n) is 4.59. The first-order chi connectivity index (χ1) is 11.6. The second-order valence-electron chi connectivity index (χ2n) is 7.18. The maximum Gasteiger partial charge on any atom is 0.491 e. The lowest BCUT2D eigenvalue weighted by Gasteiger charge is -2.32. The van der Waals surface area contributed by atoms with Crippen molar-refractivity contribution in [2.24, 2.45) is 0 Å². The van der Waals surface area contributed by atoms with Crippen molar-refractivity contribution in [2.45, 2.75) is 52.7 Å². The van der Waals surface area contributed by atoms with Crippen LogP contribution in [-0.4, -0.2) is 41.3 Å². The van der Waals surface area contributed by atoms with Crippen molar-refractivity contribution in [3.05, 3.63) is 28.9 Å². The topological polar surface area (TPSA) is 57.7 Å². The zero-order valence-electron chi connectivity index (χ0n) is 16.0. The van der Waals surface area contributed by atoms with Crippen molar-refractivity contribution in [1.29, 1.82) is 0 Å². The van der Waals surface area contributed by atoms with E-state index < -0.39 is 18.3 Å². The van der Waals surface area contributed by atoms with Crippen LogP contribution in [0.15, 0.2) is 17.7 Å². The number of aromatic nitrogens is 1. The second-order valence-corrected chi connectivity index (χ2v) is 8.33. The Morgan fingerprint density at radius 2 is 1.92 bits per heavy atom. The van der Waals surface area contributed by atoms with Crippen molar-refractivity contribution >= 4 is 30.1 Å². The van der Waals surface area contributed by atoms with Gasteiger partial charge in [-0.2, -0.15) is 0 Å². The summed E-state index contributed by atoms with van der Waals surface area (Å²) < 4.78 is 17.5. The first kappa shape index (κ1) is 20.0. The van der Waals surface area contributed by atoms with Crippen LogP contribution in [0.1, 0.15) is 45.7 Å². The summed E-state index contributed by atoms with van der Waals surface area (Å²) in [5, 5.41) is 0.0615. The molecule has 5 nitrogen and oxygen atoms in total. The van der Waals surface area contributed by atoms with Crippen LogP contribution in [0.4, 0.5) is 0 Å². The largest absolute Gasteiger partial charge is 0.491 e. The van der Waals surface area contributed by atoms with E-state index in [1.54, 1.807) is 20.2 Å². The number of nitrogens with zero attached hydrogens (tertiary/aromatic N) is 1. The van der Waals surface area contributed by atoms with Gasteiger partial charge in [0.1, 0.15) is 0 Å². The third kappa shape index (κ3) is 4.66. The van der Waals surface area contributed by atoms with E-state index >= 15 is 0 Å². The van der Waals surface area contributed by atoms with Gasteiger partial charge < -0.3 is 14.0 Å². The number of hydrogen-bond acceptors (Lipinski definition) is 6. The van der Waals surface area contributed by atoms with Gasteiger partial charge in [-0.3, -0.25) is 4.79 Å². The molecule has 1 aromatic heterocycles. The molecular formula is C18H26BNO4S. The first-order valence-corrected chi connectivity index (χ1v) is 9.24. The molecule has 0 atom stereocenters. The van der Waals surface area contributed by atoms with E-state index in [2.05, 4.69) is 4.98 Å². The minimum absolute atomic E-state index is 0.0615. The van der Waals surface area contributed by atoms with Gasteiger partial charge in [0, 0.05) is 24.4 Å². The standard InChI is InChI=1S/C18H26BNO4S/c1-12-8-14(10-20-16(12)22-7)9-15(11-25-13(2)21)19-23-17(3,4)18(5,6)24-19/h8-10H,11H2,1-7H3. The van der Waals surface area contributed by atoms with E-state index in [0.717, 1.165) is 16.6 Å². The van der Waals surface area contributed by atoms with Crippen molar-refractivity contribution in [3.8, 4) is 5.88 Å². The predicted octanol–water partition coefficient (Wildman–Crippen LogP) is 3.69. The molecule has 0 bridgehead atoms. The highest BCUT2D eigenvalue weighted by Crippen LogP contribution is 2.39. The smallest absolute Gasteiger partial charge is 0.481 e. The molecule has 2 heterocycles. The number of carbonyl (C=O) groups is 1. The summed E-state index contributed by atoms with van der Waals surface area (Å²) in [6.07, 6.45) is 3.73. The van der Waals surface area contributed by atoms with E-state index in [1.807, 2.05) is 46.8 Å². The fourth-order valence-electron chi connectivity index (χ4n) is 2.45. The molecule has 25 heavy (non-hydrogen) atoms. The van der Waals surface area contributed by atoms with Gasteiger partial charge in [0.25, 0.3) is 0 Å². The van der Waals surface area contributed by atoms with Crippen molar-refractivity contribution in [2.75, 3.05) is 12.9 Å². The Labute approximate surface area is 154 Å². The zero-order chi connectivity index (χ0) is 18.8. The van der Waals surface area contributed by atoms with Crippen LogP contribution < -0.4 is 4.74 Å². The molecule has 1 aliphatic heterocycles. The van der Waals surface area contributed by atoms with E-state index in [9.17, 15) is 4.79 Å². The molecular weight excluding hydrogens is 337 g/mol. The third-order valence-corrected chi connectivity index (χ3v) is 5.48. The number of aryl methyl sites for hydroxylation is 1. The molecule has 2 rings (SSSR count). The van der Waals surface area contributed by atoms with Crippen LogP contribution in [0.5, 0.6) is 5.88 Å². The fraction of sp³-hybridized carbons (Fsp3) is 0.556. The Kier molecular flexibility index (Phi) is 6.02. The summed E-state index contributed by atoms with van der Waals surface area (Å²) in [7, 11) is 1.11. The lowest BCUT2D eigenvalue weighted by Crippen LogP contribution is -2.41. The van der Waals surface area contributed by atoms with Crippen LogP contribution in [0, 0.1) is 6.92 Å². The molecule has 7 heteroatoms. The average Bonchev–Trinajstić information content (AvgIpc) is 2.71. The number of thioether (sulfide) groups is 1. The summed E-state index contributed by atoms with van der Waals surface area (Å²) in [6.45, 7) is 11.6. The molecule has 0 amide bonds. The van der Waals surface area contributed by atoms with Crippen LogP contribution >= 0.6 is 11.8 Å². The molecule has 1 fully saturated rings. The summed E-state index contributed by atoms with van der Waals surface area (Å²) in [4.78, 5) is 15.7. The highest BCUT2D eigenvalue weighted by molar-refractivity contribution is 8.13. The van der Waals surface area contributed by atoms with Gasteiger partial charge in [0.15, 0.2) is 5.12 Å². The van der Waals surface area contributed by atoms with E-state index in [-0.39, 0.29) is 5.12 Å². The maximum absolute atomic E-state index is 11.4. The maximum atomic E-state index is 11.4. The molecule has 136 valence electrons. The van der Waals surface area contributed by atoms with Crippen LogP contribution in [0.3, 0.4) is 0 Å². The van der Waals surface area contributed by atoms with Crippen LogP contribution in [-0.2, 0) is 14.1 Å². The van der Waals surface area contributed by atoms with Gasteiger partial charge in [0.2, 0.25) is 5.88 Å². The van der Waals surface area contributed by atoms with Gasteiger partial charge in [-0.25, -0.2) is 4.98 Å². The molecule has 0 saturated carbocycles. The molecule has 1 aromatic rings. The lowest BCUT2D eigenvalue weighted by molar-refractivity contribution is -0.109. The number of methoxy groups -OCH3 is 1. The number of pyridine rings is 1. The highest BCUT2D eigenvalue weighted by Gasteiger charge is 2.52. The first-order valence-electron chi connectivity index (χ1n) is 8.26. The molecule has 0 spiro atoms. The molecule has 1 saturated heterocycles. The average molecular weight is 363 g/mol. The van der Waals surface area contributed by atoms with Crippen molar-refractivity contribution in [3.63, 3.8) is 0 Å². The Morgan fingerprint density at radius 3 is 2.40 bits per heavy atom. The normalized spacial score (nSPS) is 19.2. The Balaban J connectivity index is 2.33. The van der Waals surface area contributed by atoms with Gasteiger partial charge in [0.05, 0.1) is 18.3 Å². The van der Waals surface area contributed by atoms with E-state index in [0.29, 0.717) is 11.6 Å². The summed E-state index contributed by atoms with van der Waals surface area (Å²) in [5.41, 5.74) is 1.93. The fourth-order valence-corrected chi connectivity index (χ4v) is 3.04. The number of rotatable bonds is 5. The van der Waals surface area contributed by atoms with E-state index in [1.165, 1.54) is 11.8 Å². The summed E-state index contributed by atoms with van der Waals surface area (Å²) >= 11 is 1.25. The van der Waals surface area contributed by atoms with Gasteiger partial charge in [-0.05, 0) is 51.7 Å². The van der Waals surface area contributed by atoms with Gasteiger partial charge in [-0.1, -0.05) is 17.8 Å². The number of ether oxygens (including phenoxy) is 1. The van der Waals surface area contributed by atoms with E-state index in [4.69, 9.17) is 14.0 Å². The molecule has 1 aliphatic rings. The van der Waals surface area contributed by atoms with Crippen LogP contribution in [0.25, 0.3) is 6.08 Å². The van der Waals surface area contributed by atoms with Crippen LogP contribution in [0.2, 0.25) is 0 Å². The Morgan fingerprint density at radius 1 is 1.32 bits per heavy atom. The SMILES string of the molecule is COc1ncc(C=C(CSC(C)=O)B2OC(C)(C)C(C)(C)O2)cc1C. The molecule has 0 unspecified atom stereocenters. The summed E-state index contributed by atoms with van der Waals surface area (Å²) in [6, 6.07) is 2.00. The quantitative estimate of drug-likeness (QED) is 0.744. The Bertz CT molecular complexity index is 672. The minimum atomic E-state index is -0.487. The summed E-state index contributed by atoms with van der Waals surface area (Å²) in [5.74, 6) is 1.12. The van der Waals surface area contributed by atoms with Crippen molar-refractivity contribution in [1.82, 2.24) is 4.98 Å². The Hall–Kier alpha value is -1.31. The molecule has 0 radical (unpaired) electrons. The number of carbonyl (C=O) groups excluding carboxylic acids is 1. The van der Waals surface area contributed by atoms with Crippen molar-refractivity contribution < 1.29 is 18.8 Å². The zero-order valence-corrected chi connectivity index (χ0v) is 16.8. The molecule has 0 aliphatic carbocycles. The second kappa shape index (κ2) is 7.52. The minimum Gasteiger partial charge on any atom is -0.481 e. The number of hydrogen-bond donors (Lipinski definition) is 0. The molecule has 0 N–H and O–H groups in total. The monoisotopic (exact) mass is 363 g/mol. The lowest BCUT2D eigenvalue weighted by atomic mass is 9.78. The van der Waals surface area contributed by atoms with Gasteiger partial charge >= 0.3 is 7.12 Å². The van der Waals surface area contributed by atoms with Gasteiger partial charge in [-0.15, -0.1) is 0 Å². The molecule has 0 aromatic carbocycles.